The topological polar surface area (TPSA) is 50.7 Å². The average Bonchev–Trinajstić information content (AvgIpc) is 2.75. The second kappa shape index (κ2) is 7.75. The second-order valence-electron chi connectivity index (χ2n) is 8.85. The molecule has 0 atom stereocenters. The second-order valence-corrected chi connectivity index (χ2v) is 9.70. The molecule has 0 saturated heterocycles. The van der Waals surface area contributed by atoms with Crippen molar-refractivity contribution in [2.24, 2.45) is 0 Å². The Morgan fingerprint density at radius 2 is 1.82 bits per heavy atom. The van der Waals surface area contributed by atoms with Crippen LogP contribution in [0.2, 0.25) is 10.0 Å². The van der Waals surface area contributed by atoms with Crippen LogP contribution in [0.1, 0.15) is 37.5 Å². The Hall–Kier alpha value is -3.08. The van der Waals surface area contributed by atoms with Crippen molar-refractivity contribution in [1.82, 2.24) is 0 Å². The standard InChI is InChI=1S/C27H23Cl2NO3/c1-14-13-27(2,3)30-19-8-6-17-24(23(14)19)22(12-15-11-16(28)5-7-18(15)29)33-21-10-9-20(31)26(32-4)25(17)21/h5-13,30-31H,1-4H3. The van der Waals surface area contributed by atoms with E-state index in [1.807, 2.05) is 18.2 Å². The number of aromatic hydroxyl groups is 1. The molecular formula is C27H23Cl2NO3. The highest BCUT2D eigenvalue weighted by Gasteiger charge is 2.33. The smallest absolute Gasteiger partial charge is 0.172 e. The summed E-state index contributed by atoms with van der Waals surface area (Å²) in [4.78, 5) is 0. The van der Waals surface area contributed by atoms with Crippen molar-refractivity contribution in [2.45, 2.75) is 26.3 Å². The summed E-state index contributed by atoms with van der Waals surface area (Å²) in [7, 11) is 1.54. The molecule has 2 heterocycles. The lowest BCUT2D eigenvalue weighted by Gasteiger charge is -2.35. The lowest BCUT2D eigenvalue weighted by molar-refractivity contribution is 0.371. The maximum Gasteiger partial charge on any atom is 0.172 e. The van der Waals surface area contributed by atoms with Gasteiger partial charge in [-0.1, -0.05) is 35.3 Å². The summed E-state index contributed by atoms with van der Waals surface area (Å²) in [6.45, 7) is 6.36. The molecule has 0 unspecified atom stereocenters. The van der Waals surface area contributed by atoms with E-state index in [9.17, 15) is 5.11 Å². The van der Waals surface area contributed by atoms with Gasteiger partial charge in [-0.05, 0) is 74.4 Å². The van der Waals surface area contributed by atoms with Crippen LogP contribution in [0.3, 0.4) is 0 Å². The van der Waals surface area contributed by atoms with Gasteiger partial charge in [-0.2, -0.15) is 0 Å². The predicted octanol–water partition coefficient (Wildman–Crippen LogP) is 7.87. The molecule has 3 aromatic carbocycles. The van der Waals surface area contributed by atoms with Crippen LogP contribution >= 0.6 is 23.2 Å². The number of halogens is 2. The van der Waals surface area contributed by atoms with E-state index in [-0.39, 0.29) is 11.3 Å². The Labute approximate surface area is 203 Å². The van der Waals surface area contributed by atoms with Gasteiger partial charge in [0.2, 0.25) is 0 Å². The van der Waals surface area contributed by atoms with Crippen LogP contribution in [0.25, 0.3) is 28.5 Å². The number of methoxy groups -OCH3 is 1. The molecule has 0 aliphatic carbocycles. The number of fused-ring (bicyclic) bond motifs is 5. The number of anilines is 1. The van der Waals surface area contributed by atoms with Gasteiger partial charge in [-0.3, -0.25) is 0 Å². The third kappa shape index (κ3) is 3.64. The molecule has 4 nitrogen and oxygen atoms in total. The van der Waals surface area contributed by atoms with Gasteiger partial charge in [-0.25, -0.2) is 0 Å². The Kier molecular flexibility index (Phi) is 5.11. The molecule has 0 saturated carbocycles. The minimum absolute atomic E-state index is 0.0559. The Balaban J connectivity index is 1.85. The van der Waals surface area contributed by atoms with Gasteiger partial charge in [0, 0.05) is 32.4 Å². The van der Waals surface area contributed by atoms with Crippen molar-refractivity contribution in [3.8, 4) is 28.4 Å². The van der Waals surface area contributed by atoms with Gasteiger partial charge in [0.15, 0.2) is 11.5 Å². The molecule has 2 aliphatic heterocycles. The first-order chi connectivity index (χ1) is 15.7. The number of hydrogen-bond acceptors (Lipinski definition) is 4. The van der Waals surface area contributed by atoms with Gasteiger partial charge in [0.25, 0.3) is 0 Å². The Morgan fingerprint density at radius 3 is 2.58 bits per heavy atom. The van der Waals surface area contributed by atoms with Gasteiger partial charge in [0.1, 0.15) is 11.5 Å². The quantitative estimate of drug-likeness (QED) is 0.392. The molecule has 0 amide bonds. The number of rotatable bonds is 2. The van der Waals surface area contributed by atoms with Gasteiger partial charge in [0.05, 0.1) is 18.2 Å². The van der Waals surface area contributed by atoms with E-state index in [1.165, 1.54) is 0 Å². The van der Waals surface area contributed by atoms with E-state index >= 15 is 0 Å². The fourth-order valence-corrected chi connectivity index (χ4v) is 5.07. The molecule has 2 aliphatic rings. The number of allylic oxidation sites excluding steroid dienone is 1. The number of phenols is 1. The summed E-state index contributed by atoms with van der Waals surface area (Å²) in [5.74, 6) is 1.66. The minimum Gasteiger partial charge on any atom is -0.504 e. The molecule has 33 heavy (non-hydrogen) atoms. The van der Waals surface area contributed by atoms with Crippen LogP contribution in [0.4, 0.5) is 5.69 Å². The molecule has 2 N–H and O–H groups in total. The first-order valence-electron chi connectivity index (χ1n) is 10.6. The summed E-state index contributed by atoms with van der Waals surface area (Å²) in [6.07, 6.45) is 4.11. The number of phenolic OH excluding ortho intramolecular Hbond substituents is 1. The zero-order valence-corrected chi connectivity index (χ0v) is 20.2. The maximum absolute atomic E-state index is 10.5. The fraction of sp³-hybridized carbons (Fsp3) is 0.185. The molecule has 6 heteroatoms. The highest BCUT2D eigenvalue weighted by molar-refractivity contribution is 6.34. The number of nitrogens with one attached hydrogen (secondary N) is 1. The number of hydrogen-bond donors (Lipinski definition) is 2. The van der Waals surface area contributed by atoms with Crippen LogP contribution in [0.15, 0.2) is 48.5 Å². The van der Waals surface area contributed by atoms with E-state index in [1.54, 1.807) is 31.4 Å². The summed E-state index contributed by atoms with van der Waals surface area (Å²) in [5.41, 5.74) is 6.25. The summed E-state index contributed by atoms with van der Waals surface area (Å²) in [5, 5.41) is 15.2. The van der Waals surface area contributed by atoms with E-state index < -0.39 is 0 Å². The molecule has 168 valence electrons. The summed E-state index contributed by atoms with van der Waals surface area (Å²) in [6, 6.07) is 12.7. The van der Waals surface area contributed by atoms with Crippen molar-refractivity contribution in [2.75, 3.05) is 12.4 Å². The van der Waals surface area contributed by atoms with Gasteiger partial charge >= 0.3 is 0 Å². The van der Waals surface area contributed by atoms with Gasteiger partial charge < -0.3 is 19.9 Å². The molecule has 0 bridgehead atoms. The van der Waals surface area contributed by atoms with Crippen LogP contribution < -0.4 is 14.8 Å². The van der Waals surface area contributed by atoms with E-state index in [0.717, 1.165) is 33.5 Å². The molecule has 0 spiro atoms. The first kappa shape index (κ1) is 21.7. The molecule has 5 rings (SSSR count). The van der Waals surface area contributed by atoms with Crippen LogP contribution in [-0.2, 0) is 0 Å². The molecule has 3 aromatic rings. The first-order valence-corrected chi connectivity index (χ1v) is 11.3. The van der Waals surface area contributed by atoms with Gasteiger partial charge in [-0.15, -0.1) is 0 Å². The van der Waals surface area contributed by atoms with E-state index in [4.69, 9.17) is 32.7 Å². The normalized spacial score (nSPS) is 16.7. The van der Waals surface area contributed by atoms with E-state index in [2.05, 4.69) is 38.2 Å². The van der Waals surface area contributed by atoms with Crippen molar-refractivity contribution in [1.29, 1.82) is 0 Å². The molecule has 0 aromatic heterocycles. The predicted molar refractivity (Wildman–Crippen MR) is 136 cm³/mol. The van der Waals surface area contributed by atoms with Crippen LogP contribution in [0, 0.1) is 0 Å². The van der Waals surface area contributed by atoms with Crippen molar-refractivity contribution in [3.05, 3.63) is 75.3 Å². The molecule has 0 fully saturated rings. The minimum atomic E-state index is -0.186. The van der Waals surface area contributed by atoms with Crippen LogP contribution in [-0.4, -0.2) is 17.8 Å². The Morgan fingerprint density at radius 1 is 1.03 bits per heavy atom. The lowest BCUT2D eigenvalue weighted by Crippen LogP contribution is -2.32. The maximum atomic E-state index is 10.5. The SMILES string of the molecule is COc1c(O)ccc2c1-c1ccc3c(c1C(=Cc1cc(Cl)ccc1Cl)O2)C(C)=CC(C)(C)N3. The highest BCUT2D eigenvalue weighted by atomic mass is 35.5. The van der Waals surface area contributed by atoms with Crippen molar-refractivity contribution < 1.29 is 14.6 Å². The van der Waals surface area contributed by atoms with Crippen molar-refractivity contribution in [3.63, 3.8) is 0 Å². The number of ether oxygens (including phenoxy) is 2. The lowest BCUT2D eigenvalue weighted by atomic mass is 9.83. The van der Waals surface area contributed by atoms with Crippen LogP contribution in [0.5, 0.6) is 17.2 Å². The monoisotopic (exact) mass is 479 g/mol. The Bertz CT molecular complexity index is 1370. The third-order valence-electron chi connectivity index (χ3n) is 5.92. The summed E-state index contributed by atoms with van der Waals surface area (Å²) >= 11 is 12.7. The zero-order chi connectivity index (χ0) is 23.5. The number of benzene rings is 3. The molecular weight excluding hydrogens is 457 g/mol. The zero-order valence-electron chi connectivity index (χ0n) is 18.7. The summed E-state index contributed by atoms with van der Waals surface area (Å²) < 4.78 is 12.0. The average molecular weight is 480 g/mol. The van der Waals surface area contributed by atoms with Crippen molar-refractivity contribution >= 4 is 46.3 Å². The fourth-order valence-electron chi connectivity index (χ4n) is 4.72. The van der Waals surface area contributed by atoms with E-state index in [0.29, 0.717) is 32.9 Å². The largest absolute Gasteiger partial charge is 0.504 e. The third-order valence-corrected chi connectivity index (χ3v) is 6.50. The molecule has 0 radical (unpaired) electrons. The highest BCUT2D eigenvalue weighted by Crippen LogP contribution is 2.54.